The van der Waals surface area contributed by atoms with E-state index in [-0.39, 0.29) is 28.8 Å². The first-order chi connectivity index (χ1) is 17.2. The maximum atomic E-state index is 13.4. The van der Waals surface area contributed by atoms with Crippen molar-refractivity contribution in [1.29, 1.82) is 0 Å². The van der Waals surface area contributed by atoms with Crippen molar-refractivity contribution in [1.82, 2.24) is 9.73 Å². The predicted molar refractivity (Wildman–Crippen MR) is 135 cm³/mol. The van der Waals surface area contributed by atoms with Crippen LogP contribution >= 0.6 is 0 Å². The van der Waals surface area contributed by atoms with Crippen LogP contribution in [0, 0.1) is 0 Å². The van der Waals surface area contributed by atoms with Crippen LogP contribution < -0.4 is 15.5 Å². The average Bonchev–Trinajstić information content (AvgIpc) is 2.85. The lowest BCUT2D eigenvalue weighted by Gasteiger charge is -2.21. The van der Waals surface area contributed by atoms with Crippen LogP contribution in [0.25, 0.3) is 0 Å². The fraction of sp³-hybridized carbons (Fsp3) is 0.160. The number of nitrogens with one attached hydrogen (secondary N) is 2. The highest BCUT2D eigenvalue weighted by atomic mass is 32.2. The fourth-order valence-corrected chi connectivity index (χ4v) is 4.61. The minimum absolute atomic E-state index is 0.0278. The van der Waals surface area contributed by atoms with E-state index in [1.165, 1.54) is 56.6 Å². The van der Waals surface area contributed by atoms with Gasteiger partial charge in [0.1, 0.15) is 0 Å². The molecule has 11 heteroatoms. The molecule has 3 aromatic rings. The molecule has 0 aliphatic carbocycles. The van der Waals surface area contributed by atoms with Crippen molar-refractivity contribution in [3.05, 3.63) is 83.9 Å². The molecule has 3 rings (SSSR count). The Balaban J connectivity index is 1.77. The third-order valence-electron chi connectivity index (χ3n) is 4.94. The van der Waals surface area contributed by atoms with Gasteiger partial charge < -0.3 is 15.2 Å². The SMILES string of the molecule is COc1cc(/C=N\NC(=O)CN(Cc2ccccc2)S(=O)(=O)c2ccc(NC(C)=O)cc2)ccc1O. The molecule has 3 N–H and O–H groups in total. The topological polar surface area (TPSA) is 137 Å². The summed E-state index contributed by atoms with van der Waals surface area (Å²) >= 11 is 0. The monoisotopic (exact) mass is 510 g/mol. The maximum absolute atomic E-state index is 13.4. The zero-order valence-corrected chi connectivity index (χ0v) is 20.5. The number of nitrogens with zero attached hydrogens (tertiary/aromatic N) is 2. The van der Waals surface area contributed by atoms with E-state index in [2.05, 4.69) is 15.8 Å². The van der Waals surface area contributed by atoms with Crippen LogP contribution in [0.4, 0.5) is 5.69 Å². The summed E-state index contributed by atoms with van der Waals surface area (Å²) < 4.78 is 32.9. The van der Waals surface area contributed by atoms with Gasteiger partial charge >= 0.3 is 0 Å². The van der Waals surface area contributed by atoms with E-state index in [1.807, 2.05) is 6.07 Å². The largest absolute Gasteiger partial charge is 0.504 e. The quantitative estimate of drug-likeness (QED) is 0.283. The molecule has 0 aromatic heterocycles. The van der Waals surface area contributed by atoms with Crippen LogP contribution in [0.3, 0.4) is 0 Å². The lowest BCUT2D eigenvalue weighted by molar-refractivity contribution is -0.121. The van der Waals surface area contributed by atoms with Gasteiger partial charge in [0.2, 0.25) is 15.9 Å². The van der Waals surface area contributed by atoms with Crippen LogP contribution in [0.15, 0.2) is 82.8 Å². The Kier molecular flexibility index (Phi) is 8.76. The summed E-state index contributed by atoms with van der Waals surface area (Å²) in [5.41, 5.74) is 4.03. The van der Waals surface area contributed by atoms with Gasteiger partial charge in [0, 0.05) is 19.2 Å². The Hall–Kier alpha value is -4.22. The number of phenolic OH excluding ortho intramolecular Hbond substituents is 1. The van der Waals surface area contributed by atoms with E-state index >= 15 is 0 Å². The van der Waals surface area contributed by atoms with Gasteiger partial charge in [0.15, 0.2) is 11.5 Å². The number of methoxy groups -OCH3 is 1. The average molecular weight is 511 g/mol. The Morgan fingerprint density at radius 1 is 1.06 bits per heavy atom. The Morgan fingerprint density at radius 3 is 2.39 bits per heavy atom. The van der Waals surface area contributed by atoms with E-state index in [0.29, 0.717) is 16.8 Å². The minimum Gasteiger partial charge on any atom is -0.504 e. The molecule has 36 heavy (non-hydrogen) atoms. The number of phenols is 1. The number of sulfonamides is 1. The summed E-state index contributed by atoms with van der Waals surface area (Å²) in [4.78, 5) is 23.8. The number of amides is 2. The molecule has 0 atom stereocenters. The van der Waals surface area contributed by atoms with Gasteiger partial charge in [0.25, 0.3) is 5.91 Å². The second-order valence-electron chi connectivity index (χ2n) is 7.69. The third kappa shape index (κ3) is 7.14. The molecule has 2 amide bonds. The summed E-state index contributed by atoms with van der Waals surface area (Å²) in [5, 5.41) is 16.1. The number of carbonyl (C=O) groups is 2. The van der Waals surface area contributed by atoms with Gasteiger partial charge in [-0.3, -0.25) is 9.59 Å². The highest BCUT2D eigenvalue weighted by molar-refractivity contribution is 7.89. The first-order valence-electron chi connectivity index (χ1n) is 10.8. The van der Waals surface area contributed by atoms with Crippen LogP contribution in [-0.2, 0) is 26.2 Å². The van der Waals surface area contributed by atoms with E-state index < -0.39 is 22.5 Å². The second-order valence-corrected chi connectivity index (χ2v) is 9.63. The van der Waals surface area contributed by atoms with Gasteiger partial charge in [-0.25, -0.2) is 13.8 Å². The number of benzene rings is 3. The lowest BCUT2D eigenvalue weighted by atomic mass is 10.2. The Bertz CT molecular complexity index is 1340. The Morgan fingerprint density at radius 2 is 1.75 bits per heavy atom. The molecule has 0 saturated heterocycles. The molecular formula is C25H26N4O6S. The summed E-state index contributed by atoms with van der Waals surface area (Å²) in [6.07, 6.45) is 1.34. The van der Waals surface area contributed by atoms with Crippen molar-refractivity contribution in [3.8, 4) is 11.5 Å². The van der Waals surface area contributed by atoms with Crippen molar-refractivity contribution in [2.24, 2.45) is 5.10 Å². The molecule has 0 fully saturated rings. The standard InChI is InChI=1S/C25H26N4O6S/c1-18(30)27-21-9-11-22(12-10-21)36(33,34)29(16-19-6-4-3-5-7-19)17-25(32)28-26-15-20-8-13-23(31)24(14-20)35-2/h3-15,31H,16-17H2,1-2H3,(H,27,30)(H,28,32)/b26-15-. The van der Waals surface area contributed by atoms with Crippen LogP contribution in [-0.4, -0.2) is 49.5 Å². The molecule has 0 spiro atoms. The van der Waals surface area contributed by atoms with Crippen molar-refractivity contribution in [3.63, 3.8) is 0 Å². The van der Waals surface area contributed by atoms with Gasteiger partial charge in [-0.1, -0.05) is 30.3 Å². The molecule has 3 aromatic carbocycles. The number of rotatable bonds is 10. The minimum atomic E-state index is -4.07. The van der Waals surface area contributed by atoms with Crippen LogP contribution in [0.1, 0.15) is 18.1 Å². The molecule has 0 unspecified atom stereocenters. The van der Waals surface area contributed by atoms with Crippen molar-refractivity contribution in [2.45, 2.75) is 18.4 Å². The molecule has 10 nitrogen and oxygen atoms in total. The zero-order chi connectivity index (χ0) is 26.1. The first kappa shape index (κ1) is 26.4. The smallest absolute Gasteiger partial charge is 0.255 e. The van der Waals surface area contributed by atoms with Crippen LogP contribution in [0.5, 0.6) is 11.5 Å². The van der Waals surface area contributed by atoms with Gasteiger partial charge in [0.05, 0.1) is 24.8 Å². The number of carbonyl (C=O) groups excluding carboxylic acids is 2. The predicted octanol–water partition coefficient (Wildman–Crippen LogP) is 2.70. The second kappa shape index (κ2) is 12.0. The summed E-state index contributed by atoms with van der Waals surface area (Å²) in [7, 11) is -2.66. The summed E-state index contributed by atoms with van der Waals surface area (Å²) in [6, 6.07) is 19.1. The molecular weight excluding hydrogens is 484 g/mol. The van der Waals surface area contributed by atoms with Gasteiger partial charge in [-0.2, -0.15) is 9.41 Å². The fourth-order valence-electron chi connectivity index (χ4n) is 3.22. The molecule has 0 heterocycles. The number of ether oxygens (including phenoxy) is 1. The highest BCUT2D eigenvalue weighted by Gasteiger charge is 2.27. The first-order valence-corrected chi connectivity index (χ1v) is 12.2. The van der Waals surface area contributed by atoms with Crippen LogP contribution in [0.2, 0.25) is 0 Å². The zero-order valence-electron chi connectivity index (χ0n) is 19.7. The lowest BCUT2D eigenvalue weighted by Crippen LogP contribution is -2.39. The van der Waals surface area contributed by atoms with Gasteiger partial charge in [-0.05, 0) is 53.6 Å². The molecule has 0 radical (unpaired) electrons. The molecule has 0 aliphatic heterocycles. The highest BCUT2D eigenvalue weighted by Crippen LogP contribution is 2.25. The number of aromatic hydroxyl groups is 1. The number of anilines is 1. The van der Waals surface area contributed by atoms with Gasteiger partial charge in [-0.15, -0.1) is 0 Å². The summed E-state index contributed by atoms with van der Waals surface area (Å²) in [6.45, 7) is 0.829. The maximum Gasteiger partial charge on any atom is 0.255 e. The van der Waals surface area contributed by atoms with Crippen molar-refractivity contribution < 1.29 is 27.9 Å². The Labute approximate surface area is 209 Å². The van der Waals surface area contributed by atoms with E-state index in [4.69, 9.17) is 4.74 Å². The number of hydrazone groups is 1. The third-order valence-corrected chi connectivity index (χ3v) is 6.75. The van der Waals surface area contributed by atoms with Crippen molar-refractivity contribution in [2.75, 3.05) is 19.0 Å². The summed E-state index contributed by atoms with van der Waals surface area (Å²) in [5.74, 6) is -0.717. The number of hydrogen-bond donors (Lipinski definition) is 3. The normalized spacial score (nSPS) is 11.4. The van der Waals surface area contributed by atoms with E-state index in [1.54, 1.807) is 30.3 Å². The van der Waals surface area contributed by atoms with Crippen molar-refractivity contribution >= 4 is 33.7 Å². The molecule has 0 bridgehead atoms. The number of hydrogen-bond acceptors (Lipinski definition) is 7. The van der Waals surface area contributed by atoms with E-state index in [9.17, 15) is 23.1 Å². The van der Waals surface area contributed by atoms with E-state index in [0.717, 1.165) is 4.31 Å². The molecule has 188 valence electrons. The molecule has 0 saturated carbocycles. The molecule has 0 aliphatic rings.